The Balaban J connectivity index is 1.49. The minimum absolute atomic E-state index is 0.120. The van der Waals surface area contributed by atoms with Gasteiger partial charge in [0, 0.05) is 31.9 Å². The smallest absolute Gasteiger partial charge is 0.340 e. The van der Waals surface area contributed by atoms with Gasteiger partial charge in [0.1, 0.15) is 5.75 Å². The number of esters is 1. The summed E-state index contributed by atoms with van der Waals surface area (Å²) in [6, 6.07) is 12.5. The van der Waals surface area contributed by atoms with E-state index in [1.807, 2.05) is 24.3 Å². The Bertz CT molecular complexity index is 850. The lowest BCUT2D eigenvalue weighted by molar-refractivity contribution is -0.134. The van der Waals surface area contributed by atoms with Crippen LogP contribution in [-0.4, -0.2) is 56.7 Å². The summed E-state index contributed by atoms with van der Waals surface area (Å²) in [4.78, 5) is 28.4. The predicted molar refractivity (Wildman–Crippen MR) is 109 cm³/mol. The van der Waals surface area contributed by atoms with Crippen LogP contribution in [0, 0.1) is 0 Å². The molecule has 3 rings (SSSR count). The summed E-state index contributed by atoms with van der Waals surface area (Å²) in [5.74, 6) is -0.0993. The number of carbonyl (C=O) groups is 2. The molecule has 0 atom stereocenters. The number of hydrogen-bond acceptors (Lipinski definition) is 5. The van der Waals surface area contributed by atoms with Crippen LogP contribution in [0.3, 0.4) is 0 Å². The van der Waals surface area contributed by atoms with Gasteiger partial charge < -0.3 is 19.3 Å². The number of nitrogens with zero attached hydrogens (tertiary/aromatic N) is 2. The van der Waals surface area contributed by atoms with E-state index in [9.17, 15) is 9.59 Å². The maximum absolute atomic E-state index is 12.4. The molecule has 6 nitrogen and oxygen atoms in total. The molecule has 0 aliphatic carbocycles. The second kappa shape index (κ2) is 9.17. The molecule has 8 heteroatoms. The van der Waals surface area contributed by atoms with Crippen molar-refractivity contribution in [3.63, 3.8) is 0 Å². The third-order valence-corrected chi connectivity index (χ3v) is 5.39. The van der Waals surface area contributed by atoms with Crippen molar-refractivity contribution in [3.05, 3.63) is 58.1 Å². The van der Waals surface area contributed by atoms with Crippen molar-refractivity contribution >= 4 is 40.8 Å². The van der Waals surface area contributed by atoms with E-state index in [1.165, 1.54) is 6.07 Å². The number of rotatable bonds is 5. The van der Waals surface area contributed by atoms with E-state index in [-0.39, 0.29) is 28.1 Å². The number of piperazine rings is 1. The molecule has 0 N–H and O–H groups in total. The molecule has 0 unspecified atom stereocenters. The maximum Gasteiger partial charge on any atom is 0.340 e. The Labute approximate surface area is 173 Å². The van der Waals surface area contributed by atoms with Crippen molar-refractivity contribution in [2.45, 2.75) is 0 Å². The van der Waals surface area contributed by atoms with Crippen LogP contribution in [0.1, 0.15) is 10.4 Å². The number of amides is 1. The molecule has 1 amide bonds. The lowest BCUT2D eigenvalue weighted by Crippen LogP contribution is -2.49. The average Bonchev–Trinajstić information content (AvgIpc) is 2.74. The standard InChI is InChI=1S/C20H20Cl2N2O4/c1-27-15-7-5-14(6-8-15)23-9-11-24(12-10-23)18(25)13-28-20(26)16-3-2-4-17(21)19(16)22/h2-8H,9-13H2,1H3. The number of anilines is 1. The molecule has 0 aromatic heterocycles. The van der Waals surface area contributed by atoms with E-state index in [2.05, 4.69) is 4.90 Å². The van der Waals surface area contributed by atoms with E-state index in [1.54, 1.807) is 24.1 Å². The highest BCUT2D eigenvalue weighted by Crippen LogP contribution is 2.26. The summed E-state index contributed by atoms with van der Waals surface area (Å²) in [5, 5.41) is 0.381. The van der Waals surface area contributed by atoms with Gasteiger partial charge in [-0.2, -0.15) is 0 Å². The van der Waals surface area contributed by atoms with Gasteiger partial charge in [0.25, 0.3) is 5.91 Å². The van der Waals surface area contributed by atoms with Crippen molar-refractivity contribution in [3.8, 4) is 5.75 Å². The summed E-state index contributed by atoms with van der Waals surface area (Å²) < 4.78 is 10.3. The Morgan fingerprint density at radius 2 is 1.68 bits per heavy atom. The van der Waals surface area contributed by atoms with Gasteiger partial charge in [-0.1, -0.05) is 29.3 Å². The van der Waals surface area contributed by atoms with Crippen LogP contribution in [0.25, 0.3) is 0 Å². The number of carbonyl (C=O) groups excluding carboxylic acids is 2. The largest absolute Gasteiger partial charge is 0.497 e. The normalized spacial score (nSPS) is 14.0. The van der Waals surface area contributed by atoms with E-state index < -0.39 is 5.97 Å². The van der Waals surface area contributed by atoms with Gasteiger partial charge in [-0.05, 0) is 36.4 Å². The molecule has 148 valence electrons. The third kappa shape index (κ3) is 4.69. The molecule has 0 radical (unpaired) electrons. The van der Waals surface area contributed by atoms with Gasteiger partial charge in [0.15, 0.2) is 6.61 Å². The fourth-order valence-electron chi connectivity index (χ4n) is 2.96. The van der Waals surface area contributed by atoms with Crippen LogP contribution < -0.4 is 9.64 Å². The van der Waals surface area contributed by atoms with Gasteiger partial charge in [-0.25, -0.2) is 4.79 Å². The minimum Gasteiger partial charge on any atom is -0.497 e. The minimum atomic E-state index is -0.669. The molecular formula is C20H20Cl2N2O4. The Kier molecular flexibility index (Phi) is 6.65. The number of ether oxygens (including phenoxy) is 2. The van der Waals surface area contributed by atoms with Gasteiger partial charge in [0.05, 0.1) is 22.7 Å². The first-order chi connectivity index (χ1) is 13.5. The summed E-state index contributed by atoms with van der Waals surface area (Å²) >= 11 is 11.9. The van der Waals surface area contributed by atoms with Crippen molar-refractivity contribution in [2.75, 3.05) is 44.8 Å². The summed E-state index contributed by atoms with van der Waals surface area (Å²) in [5.41, 5.74) is 1.22. The van der Waals surface area contributed by atoms with Crippen LogP contribution in [0.2, 0.25) is 10.0 Å². The van der Waals surface area contributed by atoms with Gasteiger partial charge in [-0.3, -0.25) is 4.79 Å². The summed E-state index contributed by atoms with van der Waals surface area (Å²) in [6.07, 6.45) is 0. The number of hydrogen-bond donors (Lipinski definition) is 0. The Morgan fingerprint density at radius 1 is 1.00 bits per heavy atom. The molecular weight excluding hydrogens is 403 g/mol. The zero-order valence-electron chi connectivity index (χ0n) is 15.4. The van der Waals surface area contributed by atoms with Crippen molar-refractivity contribution in [1.29, 1.82) is 0 Å². The van der Waals surface area contributed by atoms with Gasteiger partial charge in [0.2, 0.25) is 0 Å². The number of halogens is 2. The van der Waals surface area contributed by atoms with Crippen LogP contribution >= 0.6 is 23.2 Å². The molecule has 2 aromatic carbocycles. The van der Waals surface area contributed by atoms with Crippen LogP contribution in [0.15, 0.2) is 42.5 Å². The molecule has 0 bridgehead atoms. The molecule has 0 saturated carbocycles. The summed E-state index contributed by atoms with van der Waals surface area (Å²) in [6.45, 7) is 2.18. The molecule has 28 heavy (non-hydrogen) atoms. The van der Waals surface area contributed by atoms with Crippen LogP contribution in [-0.2, 0) is 9.53 Å². The van der Waals surface area contributed by atoms with Crippen molar-refractivity contribution in [1.82, 2.24) is 4.90 Å². The van der Waals surface area contributed by atoms with Crippen LogP contribution in [0.4, 0.5) is 5.69 Å². The first kappa shape index (κ1) is 20.3. The maximum atomic E-state index is 12.4. The SMILES string of the molecule is COc1ccc(N2CCN(C(=O)COC(=O)c3cccc(Cl)c3Cl)CC2)cc1. The lowest BCUT2D eigenvalue weighted by atomic mass is 10.2. The van der Waals surface area contributed by atoms with Gasteiger partial charge in [-0.15, -0.1) is 0 Å². The first-order valence-corrected chi connectivity index (χ1v) is 9.53. The highest BCUT2D eigenvalue weighted by molar-refractivity contribution is 6.43. The van der Waals surface area contributed by atoms with E-state index >= 15 is 0 Å². The highest BCUT2D eigenvalue weighted by Gasteiger charge is 2.23. The average molecular weight is 423 g/mol. The van der Waals surface area contributed by atoms with Crippen LogP contribution in [0.5, 0.6) is 5.75 Å². The quantitative estimate of drug-likeness (QED) is 0.689. The Morgan fingerprint density at radius 3 is 2.32 bits per heavy atom. The topological polar surface area (TPSA) is 59.1 Å². The van der Waals surface area contributed by atoms with Crippen molar-refractivity contribution < 1.29 is 19.1 Å². The predicted octanol–water partition coefficient (Wildman–Crippen LogP) is 3.51. The van der Waals surface area contributed by atoms with Gasteiger partial charge >= 0.3 is 5.97 Å². The van der Waals surface area contributed by atoms with Crippen molar-refractivity contribution in [2.24, 2.45) is 0 Å². The molecule has 1 fully saturated rings. The monoisotopic (exact) mass is 422 g/mol. The molecule has 1 heterocycles. The van der Waals surface area contributed by atoms with E-state index in [0.717, 1.165) is 11.4 Å². The first-order valence-electron chi connectivity index (χ1n) is 8.77. The zero-order valence-corrected chi connectivity index (χ0v) is 16.9. The van der Waals surface area contributed by atoms with E-state index in [4.69, 9.17) is 32.7 Å². The van der Waals surface area contributed by atoms with E-state index in [0.29, 0.717) is 26.2 Å². The Hall–Kier alpha value is -2.44. The number of benzene rings is 2. The summed E-state index contributed by atoms with van der Waals surface area (Å²) in [7, 11) is 1.63. The molecule has 1 aliphatic rings. The number of methoxy groups -OCH3 is 1. The second-order valence-corrected chi connectivity index (χ2v) is 7.03. The molecule has 0 spiro atoms. The second-order valence-electron chi connectivity index (χ2n) is 6.24. The molecule has 1 aliphatic heterocycles. The lowest BCUT2D eigenvalue weighted by Gasteiger charge is -2.36. The molecule has 2 aromatic rings. The zero-order chi connectivity index (χ0) is 20.1. The molecule has 1 saturated heterocycles. The fraction of sp³-hybridized carbons (Fsp3) is 0.300. The fourth-order valence-corrected chi connectivity index (χ4v) is 3.34. The third-order valence-electron chi connectivity index (χ3n) is 4.57. The highest BCUT2D eigenvalue weighted by atomic mass is 35.5.